The highest BCUT2D eigenvalue weighted by molar-refractivity contribution is 6.31. The van der Waals surface area contributed by atoms with Crippen LogP contribution in [0.25, 0.3) is 0 Å². The maximum atomic E-state index is 12.3. The molecule has 0 fully saturated rings. The zero-order valence-electron chi connectivity index (χ0n) is 10.4. The number of aryl methyl sites for hydroxylation is 1. The lowest BCUT2D eigenvalue weighted by molar-refractivity contribution is 0.0992. The van der Waals surface area contributed by atoms with Crippen molar-refractivity contribution in [1.29, 1.82) is 0 Å². The third kappa shape index (κ3) is 2.59. The fourth-order valence-corrected chi connectivity index (χ4v) is 2.05. The lowest BCUT2D eigenvalue weighted by Crippen LogP contribution is -2.07. The Bertz CT molecular complexity index is 593. The zero-order valence-corrected chi connectivity index (χ0v) is 11.2. The van der Waals surface area contributed by atoms with Crippen LogP contribution in [0.15, 0.2) is 36.7 Å². The topological polar surface area (TPSA) is 30.0 Å². The summed E-state index contributed by atoms with van der Waals surface area (Å²) in [6, 6.07) is 7.56. The van der Waals surface area contributed by atoms with Gasteiger partial charge in [0.25, 0.3) is 0 Å². The molecule has 0 unspecified atom stereocenters. The molecule has 1 aromatic heterocycles. The van der Waals surface area contributed by atoms with Gasteiger partial charge in [0.15, 0.2) is 5.78 Å². The summed E-state index contributed by atoms with van der Waals surface area (Å²) in [6.45, 7) is 3.97. The van der Waals surface area contributed by atoms with E-state index >= 15 is 0 Å². The molecule has 0 N–H and O–H groups in total. The monoisotopic (exact) mass is 259 g/mol. The second-order valence-corrected chi connectivity index (χ2v) is 4.72. The van der Waals surface area contributed by atoms with Crippen molar-refractivity contribution in [3.8, 4) is 0 Å². The highest BCUT2D eigenvalue weighted by atomic mass is 35.5. The van der Waals surface area contributed by atoms with Gasteiger partial charge in [-0.05, 0) is 36.6 Å². The van der Waals surface area contributed by atoms with Crippen molar-refractivity contribution >= 4 is 17.4 Å². The summed E-state index contributed by atoms with van der Waals surface area (Å²) in [4.78, 5) is 16.2. The highest BCUT2D eigenvalue weighted by Crippen LogP contribution is 2.19. The molecule has 18 heavy (non-hydrogen) atoms. The summed E-state index contributed by atoms with van der Waals surface area (Å²) in [5.41, 5.74) is 3.75. The van der Waals surface area contributed by atoms with Crippen molar-refractivity contribution in [2.45, 2.75) is 20.3 Å². The normalized spacial score (nSPS) is 10.4. The van der Waals surface area contributed by atoms with Gasteiger partial charge in [0, 0.05) is 24.4 Å². The van der Waals surface area contributed by atoms with Gasteiger partial charge < -0.3 is 0 Å². The number of ketones is 1. The van der Waals surface area contributed by atoms with Gasteiger partial charge in [0.1, 0.15) is 0 Å². The number of carbonyl (C=O) groups is 1. The number of rotatable bonds is 3. The number of halogens is 1. The first kappa shape index (κ1) is 12.8. The average molecular weight is 260 g/mol. The number of nitrogens with zero attached hydrogens (tertiary/aromatic N) is 1. The Kier molecular flexibility index (Phi) is 3.78. The van der Waals surface area contributed by atoms with Crippen LogP contribution in [0.5, 0.6) is 0 Å². The maximum absolute atomic E-state index is 12.3. The van der Waals surface area contributed by atoms with Crippen LogP contribution in [0.4, 0.5) is 0 Å². The first-order valence-electron chi connectivity index (χ1n) is 5.77. The quantitative estimate of drug-likeness (QED) is 0.786. The maximum Gasteiger partial charge on any atom is 0.167 e. The van der Waals surface area contributed by atoms with Gasteiger partial charge in [-0.2, -0.15) is 0 Å². The molecule has 0 aliphatic carbocycles. The molecule has 1 heterocycles. The number of carbonyl (C=O) groups excluding carboxylic acids is 1. The molecule has 0 bridgehead atoms. The van der Waals surface area contributed by atoms with Gasteiger partial charge in [-0.1, -0.05) is 29.8 Å². The molecule has 1 aromatic carbocycles. The Morgan fingerprint density at radius 2 is 2.06 bits per heavy atom. The number of pyridine rings is 1. The Morgan fingerprint density at radius 3 is 2.78 bits per heavy atom. The lowest BCUT2D eigenvalue weighted by atomic mass is 9.97. The Labute approximate surface area is 112 Å². The van der Waals surface area contributed by atoms with Gasteiger partial charge >= 0.3 is 0 Å². The Hall–Kier alpha value is -1.67. The predicted octanol–water partition coefficient (Wildman–Crippen LogP) is 3.78. The van der Waals surface area contributed by atoms with Crippen LogP contribution in [-0.2, 0) is 6.42 Å². The van der Waals surface area contributed by atoms with Crippen LogP contribution in [-0.4, -0.2) is 10.8 Å². The molecule has 2 nitrogen and oxygen atoms in total. The molecule has 92 valence electrons. The average Bonchev–Trinajstić information content (AvgIpc) is 2.35. The summed E-state index contributed by atoms with van der Waals surface area (Å²) < 4.78 is 0. The minimum atomic E-state index is 0.0873. The van der Waals surface area contributed by atoms with E-state index in [-0.39, 0.29) is 5.78 Å². The summed E-state index contributed by atoms with van der Waals surface area (Å²) in [5, 5.41) is 0.538. The van der Waals surface area contributed by atoms with E-state index in [1.54, 1.807) is 18.5 Å². The first-order valence-corrected chi connectivity index (χ1v) is 6.15. The standard InChI is InChI=1S/C15H14ClNO/c1-10-4-3-5-13(11(10)2)15(18)8-12-6-7-17-9-14(12)16/h3-7,9H,8H2,1-2H3. The summed E-state index contributed by atoms with van der Waals surface area (Å²) >= 11 is 6.01. The van der Waals surface area contributed by atoms with Crippen LogP contribution in [0.2, 0.25) is 5.02 Å². The van der Waals surface area contributed by atoms with Crippen molar-refractivity contribution in [1.82, 2.24) is 4.98 Å². The highest BCUT2D eigenvalue weighted by Gasteiger charge is 2.12. The van der Waals surface area contributed by atoms with E-state index in [0.29, 0.717) is 11.4 Å². The van der Waals surface area contributed by atoms with Crippen molar-refractivity contribution in [3.05, 3.63) is 63.9 Å². The van der Waals surface area contributed by atoms with Crippen molar-refractivity contribution in [2.24, 2.45) is 0 Å². The van der Waals surface area contributed by atoms with E-state index in [0.717, 1.165) is 22.3 Å². The molecule has 0 aliphatic rings. The summed E-state index contributed by atoms with van der Waals surface area (Å²) in [5.74, 6) is 0.0873. The summed E-state index contributed by atoms with van der Waals surface area (Å²) in [7, 11) is 0. The molecule has 2 rings (SSSR count). The Balaban J connectivity index is 2.28. The molecule has 0 radical (unpaired) electrons. The van der Waals surface area contributed by atoms with Crippen LogP contribution < -0.4 is 0 Å². The lowest BCUT2D eigenvalue weighted by Gasteiger charge is -2.08. The molecule has 0 spiro atoms. The Morgan fingerprint density at radius 1 is 1.28 bits per heavy atom. The van der Waals surface area contributed by atoms with Crippen LogP contribution in [0, 0.1) is 13.8 Å². The van der Waals surface area contributed by atoms with Crippen LogP contribution >= 0.6 is 11.6 Å². The molecule has 0 atom stereocenters. The second kappa shape index (κ2) is 5.32. The van der Waals surface area contributed by atoms with Gasteiger partial charge in [-0.15, -0.1) is 0 Å². The largest absolute Gasteiger partial charge is 0.294 e. The third-order valence-corrected chi connectivity index (χ3v) is 3.45. The molecular formula is C15H14ClNO. The van der Waals surface area contributed by atoms with E-state index in [4.69, 9.17) is 11.6 Å². The second-order valence-electron chi connectivity index (χ2n) is 4.31. The molecule has 0 saturated carbocycles. The van der Waals surface area contributed by atoms with E-state index in [2.05, 4.69) is 4.98 Å². The predicted molar refractivity (Wildman–Crippen MR) is 73.2 cm³/mol. The van der Waals surface area contributed by atoms with Crippen molar-refractivity contribution in [3.63, 3.8) is 0 Å². The number of hydrogen-bond acceptors (Lipinski definition) is 2. The number of aromatic nitrogens is 1. The van der Waals surface area contributed by atoms with Crippen LogP contribution in [0.1, 0.15) is 27.0 Å². The number of benzene rings is 1. The molecule has 0 aliphatic heterocycles. The van der Waals surface area contributed by atoms with Gasteiger partial charge in [0.2, 0.25) is 0 Å². The SMILES string of the molecule is Cc1cccc(C(=O)Cc2ccncc2Cl)c1C. The van der Waals surface area contributed by atoms with Gasteiger partial charge in [-0.25, -0.2) is 0 Å². The van der Waals surface area contributed by atoms with E-state index in [1.165, 1.54) is 0 Å². The smallest absolute Gasteiger partial charge is 0.167 e. The summed E-state index contributed by atoms with van der Waals surface area (Å²) in [6.07, 6.45) is 3.52. The molecule has 0 amide bonds. The van der Waals surface area contributed by atoms with E-state index in [9.17, 15) is 4.79 Å². The van der Waals surface area contributed by atoms with Crippen molar-refractivity contribution in [2.75, 3.05) is 0 Å². The molecule has 3 heteroatoms. The fraction of sp³-hybridized carbons (Fsp3) is 0.200. The van der Waals surface area contributed by atoms with Crippen LogP contribution in [0.3, 0.4) is 0 Å². The van der Waals surface area contributed by atoms with Gasteiger partial charge in [0.05, 0.1) is 5.02 Å². The molecule has 2 aromatic rings. The molecular weight excluding hydrogens is 246 g/mol. The fourth-order valence-electron chi connectivity index (χ4n) is 1.87. The molecule has 0 saturated heterocycles. The van der Waals surface area contributed by atoms with E-state index < -0.39 is 0 Å². The van der Waals surface area contributed by atoms with Gasteiger partial charge in [-0.3, -0.25) is 9.78 Å². The first-order chi connectivity index (χ1) is 8.59. The third-order valence-electron chi connectivity index (χ3n) is 3.11. The van der Waals surface area contributed by atoms with E-state index in [1.807, 2.05) is 32.0 Å². The zero-order chi connectivity index (χ0) is 13.1. The minimum absolute atomic E-state index is 0.0873. The minimum Gasteiger partial charge on any atom is -0.294 e. The van der Waals surface area contributed by atoms with Crippen molar-refractivity contribution < 1.29 is 4.79 Å². The number of Topliss-reactive ketones (excluding diaryl/α,β-unsaturated/α-hetero) is 1. The number of hydrogen-bond donors (Lipinski definition) is 0.